The van der Waals surface area contributed by atoms with E-state index < -0.39 is 23.1 Å². The fourth-order valence-corrected chi connectivity index (χ4v) is 1.91. The molecule has 0 aromatic heterocycles. The van der Waals surface area contributed by atoms with Crippen molar-refractivity contribution >= 4 is 17.6 Å². The first kappa shape index (κ1) is 14.0. The van der Waals surface area contributed by atoms with E-state index in [0.29, 0.717) is 12.8 Å². The molecule has 1 aromatic rings. The lowest BCUT2D eigenvalue weighted by Gasteiger charge is -2.18. The van der Waals surface area contributed by atoms with Gasteiger partial charge in [0.05, 0.1) is 10.5 Å². The van der Waals surface area contributed by atoms with E-state index in [0.717, 1.165) is 0 Å². The zero-order valence-corrected chi connectivity index (χ0v) is 10.8. The molecule has 1 aliphatic heterocycles. The minimum atomic E-state index is -0.602. The predicted molar refractivity (Wildman–Crippen MR) is 67.1 cm³/mol. The van der Waals surface area contributed by atoms with Crippen LogP contribution in [0.1, 0.15) is 30.1 Å². The molecule has 1 aromatic carbocycles. The summed E-state index contributed by atoms with van der Waals surface area (Å²) in [5.41, 5.74) is 0.117. The molecule has 0 saturated carbocycles. The van der Waals surface area contributed by atoms with E-state index in [4.69, 9.17) is 9.47 Å². The molecule has 7 nitrogen and oxygen atoms in total. The van der Waals surface area contributed by atoms with Gasteiger partial charge in [-0.3, -0.25) is 14.9 Å². The van der Waals surface area contributed by atoms with Crippen molar-refractivity contribution in [2.45, 2.75) is 32.0 Å². The summed E-state index contributed by atoms with van der Waals surface area (Å²) in [5.74, 6) is -0.899. The van der Waals surface area contributed by atoms with Crippen LogP contribution in [-0.4, -0.2) is 29.1 Å². The van der Waals surface area contributed by atoms with Crippen LogP contribution in [0.15, 0.2) is 24.3 Å². The van der Waals surface area contributed by atoms with Crippen LogP contribution in [0.3, 0.4) is 0 Å². The Morgan fingerprint density at radius 2 is 2.10 bits per heavy atom. The quantitative estimate of drug-likeness (QED) is 0.474. The Hall–Kier alpha value is -2.44. The van der Waals surface area contributed by atoms with Gasteiger partial charge in [0.1, 0.15) is 12.2 Å². The van der Waals surface area contributed by atoms with E-state index in [2.05, 4.69) is 0 Å². The van der Waals surface area contributed by atoms with E-state index >= 15 is 0 Å². The monoisotopic (exact) mass is 279 g/mol. The van der Waals surface area contributed by atoms with Crippen molar-refractivity contribution in [1.82, 2.24) is 0 Å². The summed E-state index contributed by atoms with van der Waals surface area (Å²) in [7, 11) is 0. The molecule has 2 atom stereocenters. The number of nitrogens with zero attached hydrogens (tertiary/aromatic N) is 1. The summed E-state index contributed by atoms with van der Waals surface area (Å²) in [6.07, 6.45) is -0.133. The number of benzene rings is 1. The van der Waals surface area contributed by atoms with Gasteiger partial charge in [0.15, 0.2) is 0 Å². The van der Waals surface area contributed by atoms with Gasteiger partial charge in [-0.1, -0.05) is 0 Å². The van der Waals surface area contributed by atoms with Crippen LogP contribution < -0.4 is 0 Å². The largest absolute Gasteiger partial charge is 0.458 e. The topological polar surface area (TPSA) is 95.7 Å². The van der Waals surface area contributed by atoms with Gasteiger partial charge < -0.3 is 9.47 Å². The molecule has 1 fully saturated rings. The first-order valence-electron chi connectivity index (χ1n) is 6.12. The average molecular weight is 279 g/mol. The molecule has 1 aliphatic rings. The Bertz CT molecular complexity index is 538. The van der Waals surface area contributed by atoms with E-state index in [1.54, 1.807) is 6.92 Å². The van der Waals surface area contributed by atoms with Crippen LogP contribution >= 0.6 is 0 Å². The summed E-state index contributed by atoms with van der Waals surface area (Å²) in [4.78, 5) is 32.8. The highest BCUT2D eigenvalue weighted by Crippen LogP contribution is 2.20. The molecule has 0 bridgehead atoms. The molecule has 2 rings (SSSR count). The number of carbonyl (C=O) groups is 2. The second kappa shape index (κ2) is 5.68. The third kappa shape index (κ3) is 3.11. The molecular formula is C13H13NO6. The fourth-order valence-electron chi connectivity index (χ4n) is 1.91. The number of ether oxygens (including phenoxy) is 2. The molecule has 1 heterocycles. The van der Waals surface area contributed by atoms with Crippen molar-refractivity contribution in [2.24, 2.45) is 0 Å². The van der Waals surface area contributed by atoms with Crippen LogP contribution in [0, 0.1) is 10.1 Å². The first-order chi connectivity index (χ1) is 9.47. The zero-order valence-electron chi connectivity index (χ0n) is 10.8. The van der Waals surface area contributed by atoms with Gasteiger partial charge in [-0.2, -0.15) is 0 Å². The minimum absolute atomic E-state index is 0.0979. The van der Waals surface area contributed by atoms with Gasteiger partial charge >= 0.3 is 11.9 Å². The highest BCUT2D eigenvalue weighted by Gasteiger charge is 2.31. The molecule has 1 unspecified atom stereocenters. The smallest absolute Gasteiger partial charge is 0.338 e. The number of cyclic esters (lactones) is 1. The van der Waals surface area contributed by atoms with Crippen LogP contribution in [0.2, 0.25) is 0 Å². The molecular weight excluding hydrogens is 266 g/mol. The number of rotatable bonds is 4. The highest BCUT2D eigenvalue weighted by atomic mass is 16.6. The number of non-ortho nitro benzene ring substituents is 1. The molecule has 0 spiro atoms. The molecule has 0 amide bonds. The van der Waals surface area contributed by atoms with Crippen LogP contribution in [0.5, 0.6) is 0 Å². The van der Waals surface area contributed by atoms with E-state index in [9.17, 15) is 19.7 Å². The third-order valence-electron chi connectivity index (χ3n) is 3.05. The number of hydrogen-bond donors (Lipinski definition) is 0. The lowest BCUT2D eigenvalue weighted by atomic mass is 10.1. The number of nitro benzene ring substituents is 1. The van der Waals surface area contributed by atoms with Crippen molar-refractivity contribution in [1.29, 1.82) is 0 Å². The maximum atomic E-state index is 11.8. The Morgan fingerprint density at radius 3 is 2.60 bits per heavy atom. The summed E-state index contributed by atoms with van der Waals surface area (Å²) >= 11 is 0. The average Bonchev–Trinajstić information content (AvgIpc) is 2.85. The standard InChI is InChI=1S/C13H13NO6/c1-8(11-6-7-12(15)20-11)19-13(16)9-2-4-10(5-3-9)14(17)18/h2-5,8,11H,6-7H2,1H3/t8?,11-/m1/s1. The fraction of sp³-hybridized carbons (Fsp3) is 0.385. The van der Waals surface area contributed by atoms with Crippen LogP contribution in [0.25, 0.3) is 0 Å². The van der Waals surface area contributed by atoms with Crippen molar-refractivity contribution in [3.8, 4) is 0 Å². The normalized spacial score (nSPS) is 19.2. The third-order valence-corrected chi connectivity index (χ3v) is 3.05. The molecule has 7 heteroatoms. The highest BCUT2D eigenvalue weighted by molar-refractivity contribution is 5.89. The van der Waals surface area contributed by atoms with Crippen molar-refractivity contribution in [3.63, 3.8) is 0 Å². The Labute approximate surface area is 114 Å². The van der Waals surface area contributed by atoms with Gasteiger partial charge in [-0.15, -0.1) is 0 Å². The maximum absolute atomic E-state index is 11.8. The van der Waals surface area contributed by atoms with E-state index in [1.807, 2.05) is 0 Å². The molecule has 20 heavy (non-hydrogen) atoms. The van der Waals surface area contributed by atoms with Gasteiger partial charge in [0.25, 0.3) is 5.69 Å². The molecule has 106 valence electrons. The van der Waals surface area contributed by atoms with Gasteiger partial charge in [0.2, 0.25) is 0 Å². The minimum Gasteiger partial charge on any atom is -0.458 e. The van der Waals surface area contributed by atoms with E-state index in [-0.39, 0.29) is 17.2 Å². The Morgan fingerprint density at radius 1 is 1.45 bits per heavy atom. The Balaban J connectivity index is 1.97. The zero-order chi connectivity index (χ0) is 14.7. The van der Waals surface area contributed by atoms with Crippen molar-refractivity contribution < 1.29 is 24.0 Å². The summed E-state index contributed by atoms with van der Waals surface area (Å²) in [6, 6.07) is 5.12. The first-order valence-corrected chi connectivity index (χ1v) is 6.12. The van der Waals surface area contributed by atoms with Crippen molar-refractivity contribution in [3.05, 3.63) is 39.9 Å². The van der Waals surface area contributed by atoms with Crippen LogP contribution in [0.4, 0.5) is 5.69 Å². The molecule has 0 N–H and O–H groups in total. The summed E-state index contributed by atoms with van der Waals surface area (Å²) < 4.78 is 10.2. The van der Waals surface area contributed by atoms with Gasteiger partial charge in [0, 0.05) is 18.6 Å². The second-order valence-corrected chi connectivity index (χ2v) is 4.48. The molecule has 1 saturated heterocycles. The summed E-state index contributed by atoms with van der Waals surface area (Å²) in [6.45, 7) is 1.65. The molecule has 0 aliphatic carbocycles. The lowest BCUT2D eigenvalue weighted by Crippen LogP contribution is -2.28. The van der Waals surface area contributed by atoms with E-state index in [1.165, 1.54) is 24.3 Å². The summed E-state index contributed by atoms with van der Waals surface area (Å²) in [5, 5.41) is 10.5. The lowest BCUT2D eigenvalue weighted by molar-refractivity contribution is -0.384. The molecule has 0 radical (unpaired) electrons. The number of carbonyl (C=O) groups excluding carboxylic acids is 2. The number of esters is 2. The predicted octanol–water partition coefficient (Wildman–Crippen LogP) is 1.85. The van der Waals surface area contributed by atoms with Crippen LogP contribution in [-0.2, 0) is 14.3 Å². The Kier molecular flexibility index (Phi) is 3.97. The number of hydrogen-bond acceptors (Lipinski definition) is 6. The number of nitro groups is 1. The maximum Gasteiger partial charge on any atom is 0.338 e. The second-order valence-electron chi connectivity index (χ2n) is 4.48. The van der Waals surface area contributed by atoms with Gasteiger partial charge in [-0.25, -0.2) is 4.79 Å². The van der Waals surface area contributed by atoms with Crippen molar-refractivity contribution in [2.75, 3.05) is 0 Å². The van der Waals surface area contributed by atoms with Gasteiger partial charge in [-0.05, 0) is 25.5 Å². The SMILES string of the molecule is CC(OC(=O)c1ccc([N+](=O)[O-])cc1)[C@H]1CCC(=O)O1.